The maximum absolute atomic E-state index is 12.3. The average Bonchev–Trinajstić information content (AvgIpc) is 2.57. The maximum atomic E-state index is 12.3. The number of esters is 1. The van der Waals surface area contributed by atoms with Gasteiger partial charge in [0.15, 0.2) is 11.5 Å². The largest absolute Gasteiger partial charge is 0.493 e. The van der Waals surface area contributed by atoms with Crippen LogP contribution >= 0.6 is 12.2 Å². The molecule has 1 aromatic carbocycles. The molecule has 0 aliphatic rings. The Balaban J connectivity index is 2.78. The molecule has 24 heavy (non-hydrogen) atoms. The number of nitrogens with zero attached hydrogens (tertiary/aromatic N) is 1. The van der Waals surface area contributed by atoms with Crippen molar-refractivity contribution in [3.05, 3.63) is 21.2 Å². The molecule has 0 spiro atoms. The number of aromatic nitrogens is 2. The fourth-order valence-corrected chi connectivity index (χ4v) is 2.65. The summed E-state index contributed by atoms with van der Waals surface area (Å²) in [5, 5.41) is 0.489. The van der Waals surface area contributed by atoms with Gasteiger partial charge in [0.25, 0.3) is 0 Å². The summed E-state index contributed by atoms with van der Waals surface area (Å²) < 4.78 is 22.1. The van der Waals surface area contributed by atoms with Gasteiger partial charge in [-0.25, -0.2) is 4.79 Å². The van der Waals surface area contributed by atoms with Crippen molar-refractivity contribution in [1.29, 1.82) is 0 Å². The number of carbonyl (C=O) groups excluding carboxylic acids is 1. The summed E-state index contributed by atoms with van der Waals surface area (Å²) >= 11 is 5.36. The Hall–Kier alpha value is -2.55. The van der Waals surface area contributed by atoms with Crippen molar-refractivity contribution in [1.82, 2.24) is 9.55 Å². The zero-order valence-corrected chi connectivity index (χ0v) is 14.6. The van der Waals surface area contributed by atoms with E-state index in [-0.39, 0.29) is 17.8 Å². The molecule has 2 aromatic rings. The summed E-state index contributed by atoms with van der Waals surface area (Å²) in [5.74, 6) is 0.465. The molecule has 1 aromatic heterocycles. The molecule has 9 heteroatoms. The molecule has 0 unspecified atom stereocenters. The topological polar surface area (TPSA) is 91.8 Å². The summed E-state index contributed by atoms with van der Waals surface area (Å²) in [7, 11) is 4.38. The summed E-state index contributed by atoms with van der Waals surface area (Å²) in [6.45, 7) is 1.62. The summed E-state index contributed by atoms with van der Waals surface area (Å²) in [5.41, 5.74) is -0.184. The second kappa shape index (κ2) is 7.35. The normalized spacial score (nSPS) is 10.5. The first-order valence-corrected chi connectivity index (χ1v) is 7.50. The molecule has 0 atom stereocenters. The summed E-state index contributed by atoms with van der Waals surface area (Å²) in [4.78, 5) is 26.7. The number of aromatic amines is 1. The van der Waals surface area contributed by atoms with E-state index < -0.39 is 11.7 Å². The van der Waals surface area contributed by atoms with E-state index in [1.54, 1.807) is 13.0 Å². The zero-order valence-electron chi connectivity index (χ0n) is 13.8. The first-order valence-electron chi connectivity index (χ1n) is 7.09. The lowest BCUT2D eigenvalue weighted by Crippen LogP contribution is -2.28. The Morgan fingerprint density at radius 3 is 2.42 bits per heavy atom. The first kappa shape index (κ1) is 17.8. The van der Waals surface area contributed by atoms with Gasteiger partial charge in [-0.3, -0.25) is 9.36 Å². The van der Waals surface area contributed by atoms with Gasteiger partial charge in [0.2, 0.25) is 5.75 Å². The van der Waals surface area contributed by atoms with E-state index in [1.165, 1.54) is 21.3 Å². The third-order valence-electron chi connectivity index (χ3n) is 3.38. The summed E-state index contributed by atoms with van der Waals surface area (Å²) in [6, 6.07) is 1.62. The molecule has 0 fully saturated rings. The minimum atomic E-state index is -0.550. The van der Waals surface area contributed by atoms with Gasteiger partial charge in [-0.1, -0.05) is 12.2 Å². The Labute approximate surface area is 142 Å². The van der Waals surface area contributed by atoms with Crippen LogP contribution in [-0.2, 0) is 16.1 Å². The second-order valence-corrected chi connectivity index (χ2v) is 5.08. The van der Waals surface area contributed by atoms with E-state index in [0.717, 1.165) is 4.57 Å². The zero-order chi connectivity index (χ0) is 17.9. The van der Waals surface area contributed by atoms with Crippen LogP contribution in [-0.4, -0.2) is 43.5 Å². The van der Waals surface area contributed by atoms with E-state index in [9.17, 15) is 9.59 Å². The molecule has 8 nitrogen and oxygen atoms in total. The number of nitrogens with one attached hydrogen (secondary N) is 1. The molecule has 0 saturated heterocycles. The van der Waals surface area contributed by atoms with E-state index in [0.29, 0.717) is 28.2 Å². The monoisotopic (exact) mass is 354 g/mol. The van der Waals surface area contributed by atoms with Gasteiger partial charge in [0.05, 0.1) is 33.5 Å². The lowest BCUT2D eigenvalue weighted by molar-refractivity contribution is -0.143. The molecule has 1 N–H and O–H groups in total. The van der Waals surface area contributed by atoms with Crippen molar-refractivity contribution in [2.24, 2.45) is 0 Å². The van der Waals surface area contributed by atoms with Crippen LogP contribution < -0.4 is 19.9 Å². The van der Waals surface area contributed by atoms with Crippen molar-refractivity contribution in [3.8, 4) is 17.2 Å². The van der Waals surface area contributed by atoms with Crippen molar-refractivity contribution in [3.63, 3.8) is 0 Å². The molecular formula is C15H18N2O6S. The SMILES string of the molecule is CCOC(=O)Cn1c(=O)[nH]c2c(OC)c(OC)c(OC)cc2c1=S. The summed E-state index contributed by atoms with van der Waals surface area (Å²) in [6.07, 6.45) is 0. The molecule has 0 bridgehead atoms. The standard InChI is InChI=1S/C15H18N2O6S/c1-5-23-10(18)7-17-14(24)8-6-9(20-2)12(21-3)13(22-4)11(8)16-15(17)19/h6H,5,7H2,1-4H3,(H,16,19). The van der Waals surface area contributed by atoms with Crippen molar-refractivity contribution < 1.29 is 23.7 Å². The van der Waals surface area contributed by atoms with Crippen LogP contribution in [0.4, 0.5) is 0 Å². The second-order valence-electron chi connectivity index (χ2n) is 4.69. The molecule has 1 heterocycles. The Bertz CT molecular complexity index is 886. The van der Waals surface area contributed by atoms with Gasteiger partial charge in [-0.05, 0) is 13.0 Å². The number of H-pyrrole nitrogens is 1. The highest BCUT2D eigenvalue weighted by Crippen LogP contribution is 2.42. The van der Waals surface area contributed by atoms with Crippen molar-refractivity contribution in [2.75, 3.05) is 27.9 Å². The number of carbonyl (C=O) groups is 1. The van der Waals surface area contributed by atoms with Gasteiger partial charge < -0.3 is 23.9 Å². The predicted molar refractivity (Wildman–Crippen MR) is 89.7 cm³/mol. The molecule has 0 aliphatic carbocycles. The van der Waals surface area contributed by atoms with Gasteiger partial charge in [0.1, 0.15) is 11.2 Å². The number of fused-ring (bicyclic) bond motifs is 1. The fourth-order valence-electron chi connectivity index (χ4n) is 2.34. The lowest BCUT2D eigenvalue weighted by atomic mass is 10.2. The predicted octanol–water partition coefficient (Wildman–Crippen LogP) is 1.65. The number of ether oxygens (including phenoxy) is 4. The van der Waals surface area contributed by atoms with Crippen LogP contribution in [0.2, 0.25) is 0 Å². The van der Waals surface area contributed by atoms with Gasteiger partial charge in [0, 0.05) is 5.39 Å². The molecule has 2 rings (SSSR count). The average molecular weight is 354 g/mol. The van der Waals surface area contributed by atoms with Gasteiger partial charge in [-0.2, -0.15) is 0 Å². The number of benzene rings is 1. The highest BCUT2D eigenvalue weighted by atomic mass is 32.1. The Morgan fingerprint density at radius 2 is 1.88 bits per heavy atom. The van der Waals surface area contributed by atoms with Crippen LogP contribution in [0.15, 0.2) is 10.9 Å². The van der Waals surface area contributed by atoms with Crippen LogP contribution in [0, 0.1) is 4.64 Å². The molecule has 0 amide bonds. The van der Waals surface area contributed by atoms with E-state index >= 15 is 0 Å². The van der Waals surface area contributed by atoms with Crippen LogP contribution in [0.25, 0.3) is 10.9 Å². The lowest BCUT2D eigenvalue weighted by Gasteiger charge is -2.15. The minimum Gasteiger partial charge on any atom is -0.493 e. The number of hydrogen-bond acceptors (Lipinski definition) is 7. The minimum absolute atomic E-state index is 0.168. The van der Waals surface area contributed by atoms with E-state index in [1.807, 2.05) is 0 Å². The number of rotatable bonds is 6. The third kappa shape index (κ3) is 3.07. The van der Waals surface area contributed by atoms with Crippen molar-refractivity contribution >= 4 is 29.1 Å². The van der Waals surface area contributed by atoms with Crippen molar-refractivity contribution in [2.45, 2.75) is 13.5 Å². The van der Waals surface area contributed by atoms with Crippen LogP contribution in [0.3, 0.4) is 0 Å². The molecule has 0 aliphatic heterocycles. The fraction of sp³-hybridized carbons (Fsp3) is 0.400. The molecule has 130 valence electrons. The smallest absolute Gasteiger partial charge is 0.327 e. The van der Waals surface area contributed by atoms with Gasteiger partial charge in [-0.15, -0.1) is 0 Å². The highest BCUT2D eigenvalue weighted by Gasteiger charge is 2.19. The van der Waals surface area contributed by atoms with E-state index in [2.05, 4.69) is 4.98 Å². The highest BCUT2D eigenvalue weighted by molar-refractivity contribution is 7.71. The Morgan fingerprint density at radius 1 is 1.21 bits per heavy atom. The maximum Gasteiger partial charge on any atom is 0.327 e. The first-order chi connectivity index (χ1) is 11.5. The third-order valence-corrected chi connectivity index (χ3v) is 3.82. The Kier molecular flexibility index (Phi) is 5.45. The van der Waals surface area contributed by atoms with Crippen LogP contribution in [0.5, 0.6) is 17.2 Å². The molecule has 0 saturated carbocycles. The van der Waals surface area contributed by atoms with E-state index in [4.69, 9.17) is 31.2 Å². The quantitative estimate of drug-likeness (QED) is 0.623. The molecule has 0 radical (unpaired) electrons. The van der Waals surface area contributed by atoms with Gasteiger partial charge >= 0.3 is 11.7 Å². The number of hydrogen-bond donors (Lipinski definition) is 1. The van der Waals surface area contributed by atoms with Crippen LogP contribution in [0.1, 0.15) is 6.92 Å². The molecular weight excluding hydrogens is 336 g/mol. The number of methoxy groups -OCH3 is 3.